The molecule has 1 aliphatic heterocycles. The van der Waals surface area contributed by atoms with Gasteiger partial charge in [0.1, 0.15) is 28.5 Å². The first-order valence-electron chi connectivity index (χ1n) is 16.7. The minimum Gasteiger partial charge on any atom is -0.455 e. The van der Waals surface area contributed by atoms with Crippen LogP contribution in [0.1, 0.15) is 21.7 Å². The molecule has 0 aliphatic carbocycles. The minimum absolute atomic E-state index is 0.0632. The Morgan fingerprint density at radius 1 is 1.05 bits per heavy atom. The monoisotopic (exact) mass is 771 g/mol. The van der Waals surface area contributed by atoms with E-state index in [1.54, 1.807) is 46.9 Å². The summed E-state index contributed by atoms with van der Waals surface area (Å²) in [5.41, 5.74) is 0.636. The van der Waals surface area contributed by atoms with Gasteiger partial charge >= 0.3 is 6.18 Å². The molecule has 3 aromatic carbocycles. The average Bonchev–Trinajstić information content (AvgIpc) is 3.71. The van der Waals surface area contributed by atoms with Crippen LogP contribution in [-0.4, -0.2) is 83.9 Å². The predicted octanol–water partition coefficient (Wildman–Crippen LogP) is 5.99. The third-order valence-electron chi connectivity index (χ3n) is 9.93. The van der Waals surface area contributed by atoms with Crippen LogP contribution in [0.3, 0.4) is 0 Å². The van der Waals surface area contributed by atoms with E-state index >= 15 is 0 Å². The molecule has 4 aromatic heterocycles. The lowest BCUT2D eigenvalue weighted by molar-refractivity contribution is -0.302. The molecule has 280 valence electrons. The van der Waals surface area contributed by atoms with Gasteiger partial charge in [0.25, 0.3) is 5.91 Å². The van der Waals surface area contributed by atoms with Crippen molar-refractivity contribution in [2.45, 2.75) is 18.3 Å². The number of pyridine rings is 1. The summed E-state index contributed by atoms with van der Waals surface area (Å²) in [4.78, 5) is 24.6. The number of alkyl halides is 3. The lowest BCUT2D eigenvalue weighted by Gasteiger charge is -2.46. The van der Waals surface area contributed by atoms with Gasteiger partial charge in [0.15, 0.2) is 5.60 Å². The van der Waals surface area contributed by atoms with Crippen molar-refractivity contribution in [1.82, 2.24) is 24.6 Å². The lowest BCUT2D eigenvalue weighted by Crippen LogP contribution is -2.68. The van der Waals surface area contributed by atoms with Crippen molar-refractivity contribution in [3.8, 4) is 28.7 Å². The molecular formula is C38H29F4N7O5S. The Kier molecular flexibility index (Phi) is 8.15. The van der Waals surface area contributed by atoms with Crippen molar-refractivity contribution in [2.24, 2.45) is 0 Å². The summed E-state index contributed by atoms with van der Waals surface area (Å²) in [5.74, 6) is -0.532. The Bertz CT molecular complexity index is 2890. The quantitative estimate of drug-likeness (QED) is 0.186. The number of anilines is 1. The van der Waals surface area contributed by atoms with Crippen LogP contribution in [0.2, 0.25) is 0 Å². The number of amides is 1. The van der Waals surface area contributed by atoms with Crippen LogP contribution in [0.5, 0.6) is 0 Å². The Balaban J connectivity index is 1.36. The normalized spacial score (nSPS) is 14.7. The maximum absolute atomic E-state index is 13.8. The number of carbonyl (C=O) groups is 1. The number of nitriles is 1. The zero-order valence-electron chi connectivity index (χ0n) is 29.2. The molecule has 0 unspecified atom stereocenters. The number of rotatable bonds is 7. The molecule has 7 aromatic rings. The van der Waals surface area contributed by atoms with Gasteiger partial charge in [-0.25, -0.2) is 22.8 Å². The summed E-state index contributed by atoms with van der Waals surface area (Å²) in [6.07, 6.45) is -3.77. The number of hydrogen-bond acceptors (Lipinski definition) is 9. The second kappa shape index (κ2) is 12.5. The molecular weight excluding hydrogens is 743 g/mol. The summed E-state index contributed by atoms with van der Waals surface area (Å²) in [7, 11) is -1.07. The zero-order chi connectivity index (χ0) is 39.2. The van der Waals surface area contributed by atoms with Crippen molar-refractivity contribution in [3.63, 3.8) is 0 Å². The highest BCUT2D eigenvalue weighted by molar-refractivity contribution is 7.92. The Hall–Kier alpha value is -6.09. The summed E-state index contributed by atoms with van der Waals surface area (Å²) in [6.45, 7) is -1.36. The lowest BCUT2D eigenvalue weighted by atomic mass is 9.93. The third kappa shape index (κ3) is 5.80. The fourth-order valence-corrected chi connectivity index (χ4v) is 7.58. The molecule has 2 N–H and O–H groups in total. The first-order chi connectivity index (χ1) is 26.0. The summed E-state index contributed by atoms with van der Waals surface area (Å²) >= 11 is 0. The van der Waals surface area contributed by atoms with E-state index in [1.165, 1.54) is 49.3 Å². The topological polar surface area (TPSA) is 157 Å². The maximum Gasteiger partial charge on any atom is 0.419 e. The van der Waals surface area contributed by atoms with E-state index in [-0.39, 0.29) is 34.8 Å². The molecule has 55 heavy (non-hydrogen) atoms. The minimum atomic E-state index is -4.80. The molecule has 8 rings (SSSR count). The average molecular weight is 772 g/mol. The number of halogens is 4. The van der Waals surface area contributed by atoms with Crippen molar-refractivity contribution in [2.75, 3.05) is 37.7 Å². The highest BCUT2D eigenvalue weighted by Gasteiger charge is 2.60. The van der Waals surface area contributed by atoms with Gasteiger partial charge < -0.3 is 14.8 Å². The van der Waals surface area contributed by atoms with Crippen molar-refractivity contribution in [1.29, 1.82) is 5.26 Å². The predicted molar refractivity (Wildman–Crippen MR) is 196 cm³/mol. The molecule has 1 amide bonds. The van der Waals surface area contributed by atoms with Gasteiger partial charge in [-0.05, 0) is 60.7 Å². The number of sulfonamides is 1. The number of nitrogens with zero attached hydrogens (tertiary/aromatic N) is 6. The molecule has 1 saturated heterocycles. The summed E-state index contributed by atoms with van der Waals surface area (Å²) in [6, 6.07) is 20.6. The van der Waals surface area contributed by atoms with Gasteiger partial charge in [-0.2, -0.15) is 18.4 Å². The van der Waals surface area contributed by atoms with E-state index in [9.17, 15) is 41.1 Å². The first-order valence-corrected chi connectivity index (χ1v) is 18.5. The van der Waals surface area contributed by atoms with Crippen LogP contribution in [0.15, 0.2) is 77.2 Å². The number of β-amino-alcohol motifs (C(OH)–C–C–N with tert-alkyl or cyclic N) is 1. The van der Waals surface area contributed by atoms with Gasteiger partial charge in [0.2, 0.25) is 10.0 Å². The van der Waals surface area contributed by atoms with Crippen LogP contribution in [0.25, 0.3) is 61.0 Å². The Morgan fingerprint density at radius 3 is 2.44 bits per heavy atom. The fourth-order valence-electron chi connectivity index (χ4n) is 7.07. The molecule has 0 bridgehead atoms. The molecule has 12 nitrogen and oxygen atoms in total. The number of hydrogen-bond donors (Lipinski definition) is 2. The molecule has 0 saturated carbocycles. The Morgan fingerprint density at radius 2 is 1.78 bits per heavy atom. The number of aliphatic hydroxyl groups is 1. The third-order valence-corrected chi connectivity index (χ3v) is 11.1. The second-order valence-corrected chi connectivity index (χ2v) is 15.5. The van der Waals surface area contributed by atoms with Crippen molar-refractivity contribution in [3.05, 3.63) is 95.6 Å². The summed E-state index contributed by atoms with van der Waals surface area (Å²) in [5, 5.41) is 23.5. The highest BCUT2D eigenvalue weighted by atomic mass is 32.2. The fraction of sp³-hybridized carbons (Fsp3) is 0.211. The maximum atomic E-state index is 13.8. The molecule has 0 atom stereocenters. The number of fused-ring (bicyclic) bond motifs is 6. The molecule has 0 spiro atoms. The molecule has 1 aliphatic rings. The van der Waals surface area contributed by atoms with Gasteiger partial charge in [-0.15, -0.1) is 0 Å². The van der Waals surface area contributed by atoms with E-state index in [1.807, 2.05) is 0 Å². The van der Waals surface area contributed by atoms with E-state index in [0.717, 1.165) is 10.6 Å². The largest absolute Gasteiger partial charge is 0.455 e. The van der Waals surface area contributed by atoms with E-state index in [4.69, 9.17) is 14.4 Å². The van der Waals surface area contributed by atoms with E-state index in [0.29, 0.717) is 55.4 Å². The van der Waals surface area contributed by atoms with Gasteiger partial charge in [-0.1, -0.05) is 6.07 Å². The number of benzene rings is 3. The van der Waals surface area contributed by atoms with Crippen molar-refractivity contribution < 1.29 is 40.3 Å². The van der Waals surface area contributed by atoms with Crippen LogP contribution < -0.4 is 9.62 Å². The number of aromatic nitrogens is 3. The van der Waals surface area contributed by atoms with E-state index < -0.39 is 46.6 Å². The highest BCUT2D eigenvalue weighted by Crippen LogP contribution is 2.42. The molecule has 0 radical (unpaired) electrons. The SMILES string of the molecule is CNC(=O)c1c(-c2ccc(F)cc2)oc2cc(N(C)S(C)(=O)=O)c(-c3ccc4nc(CN5CC(O)(C(F)(F)F)C5)n5c6cccc(C#N)c6cc5c4n3)cc12. The van der Waals surface area contributed by atoms with Crippen LogP contribution >= 0.6 is 0 Å². The standard InChI is InChI=1S/C38H29F4N7O5S/c1-44-36(50)33-25-13-24(29(47(2)55(3,52)53)15-31(25)54-35(33)20-7-9-22(39)10-8-20)26-11-12-27-34(46-26)30-14-23-21(16-43)5-4-6-28(23)49(30)32(45-27)17-48-18-37(51,19-48)38(40,41)42/h4-15,51H,17-19H2,1-3H3,(H,44,50). The molecule has 1 fully saturated rings. The number of furan rings is 1. The molecule has 5 heterocycles. The smallest absolute Gasteiger partial charge is 0.419 e. The number of likely N-dealkylation sites (tertiary alicyclic amines) is 1. The van der Waals surface area contributed by atoms with Crippen LogP contribution in [0.4, 0.5) is 23.2 Å². The molecule has 17 heteroatoms. The first kappa shape index (κ1) is 35.9. The van der Waals surface area contributed by atoms with E-state index in [2.05, 4.69) is 11.4 Å². The number of nitrogens with one attached hydrogen (secondary N) is 1. The zero-order valence-corrected chi connectivity index (χ0v) is 30.0. The second-order valence-electron chi connectivity index (χ2n) is 13.5. The van der Waals surface area contributed by atoms with Crippen molar-refractivity contribution >= 4 is 60.0 Å². The van der Waals surface area contributed by atoms with Crippen LogP contribution in [0, 0.1) is 17.1 Å². The van der Waals surface area contributed by atoms with Gasteiger partial charge in [0, 0.05) is 55.2 Å². The van der Waals surface area contributed by atoms with Gasteiger partial charge in [-0.3, -0.25) is 18.4 Å². The summed E-state index contributed by atoms with van der Waals surface area (Å²) < 4.78 is 89.1. The number of carbonyl (C=O) groups excluding carboxylic acids is 1. The van der Waals surface area contributed by atoms with Gasteiger partial charge in [0.05, 0.1) is 57.9 Å². The Labute approximate surface area is 309 Å². The van der Waals surface area contributed by atoms with Crippen LogP contribution in [-0.2, 0) is 16.6 Å².